The smallest absolute Gasteiger partial charge is 0.306 e. The first-order chi connectivity index (χ1) is 15.1. The summed E-state index contributed by atoms with van der Waals surface area (Å²) in [6.45, 7) is 4.57. The molecule has 3 rings (SSSR count). The molecule has 8 nitrogen and oxygen atoms in total. The van der Waals surface area contributed by atoms with E-state index in [4.69, 9.17) is 9.47 Å². The van der Waals surface area contributed by atoms with Crippen molar-refractivity contribution in [2.24, 2.45) is 0 Å². The molecule has 0 atom stereocenters. The van der Waals surface area contributed by atoms with E-state index in [1.165, 1.54) is 0 Å². The molecule has 1 amide bonds. The van der Waals surface area contributed by atoms with Gasteiger partial charge in [-0.3, -0.25) is 14.4 Å². The number of esters is 1. The van der Waals surface area contributed by atoms with Crippen LogP contribution in [0.15, 0.2) is 48.7 Å². The van der Waals surface area contributed by atoms with E-state index in [2.05, 4.69) is 9.88 Å². The molecular formula is C23H27N3O5. The number of ether oxygens (including phenoxy) is 2. The molecule has 1 aromatic heterocycles. The van der Waals surface area contributed by atoms with Crippen LogP contribution < -0.4 is 9.64 Å². The molecule has 1 aliphatic rings. The number of hydrogen-bond acceptors (Lipinski definition) is 7. The van der Waals surface area contributed by atoms with Gasteiger partial charge in [0.25, 0.3) is 5.91 Å². The fourth-order valence-corrected chi connectivity index (χ4v) is 3.30. The number of ketones is 1. The lowest BCUT2D eigenvalue weighted by atomic mass is 10.1. The van der Waals surface area contributed by atoms with E-state index >= 15 is 0 Å². The zero-order valence-corrected chi connectivity index (χ0v) is 17.7. The van der Waals surface area contributed by atoms with Gasteiger partial charge < -0.3 is 19.3 Å². The van der Waals surface area contributed by atoms with Gasteiger partial charge in [-0.1, -0.05) is 6.07 Å². The van der Waals surface area contributed by atoms with Crippen molar-refractivity contribution in [3.8, 4) is 5.75 Å². The summed E-state index contributed by atoms with van der Waals surface area (Å²) in [6, 6.07) is 12.5. The standard InChI is InChI=1S/C23H27N3O5/c1-2-30-19-8-6-18(7-9-19)20(27)10-11-23(29)31-17-22(28)26-15-13-25(14-16-26)21-5-3-4-12-24-21/h3-9,12H,2,10-11,13-17H2,1H3. The lowest BCUT2D eigenvalue weighted by Gasteiger charge is -2.35. The quantitative estimate of drug-likeness (QED) is 0.450. The van der Waals surface area contributed by atoms with Gasteiger partial charge in [0.2, 0.25) is 0 Å². The Hall–Kier alpha value is -3.42. The second kappa shape index (κ2) is 11.1. The van der Waals surface area contributed by atoms with Crippen molar-refractivity contribution in [2.45, 2.75) is 19.8 Å². The SMILES string of the molecule is CCOc1ccc(C(=O)CCC(=O)OCC(=O)N2CCN(c3ccccn3)CC2)cc1. The summed E-state index contributed by atoms with van der Waals surface area (Å²) in [4.78, 5) is 44.6. The van der Waals surface area contributed by atoms with Crippen LogP contribution in [0.4, 0.5) is 5.82 Å². The molecule has 0 bridgehead atoms. The minimum absolute atomic E-state index is 0.0315. The Bertz CT molecular complexity index is 878. The molecule has 1 aliphatic heterocycles. The van der Waals surface area contributed by atoms with Crippen LogP contribution in [0.1, 0.15) is 30.1 Å². The van der Waals surface area contributed by atoms with E-state index in [-0.39, 0.29) is 31.1 Å². The third kappa shape index (κ3) is 6.53. The zero-order chi connectivity index (χ0) is 22.1. The molecule has 0 aliphatic carbocycles. The van der Waals surface area contributed by atoms with Gasteiger partial charge in [0, 0.05) is 44.4 Å². The van der Waals surface area contributed by atoms with Crippen molar-refractivity contribution >= 4 is 23.5 Å². The average molecular weight is 425 g/mol. The lowest BCUT2D eigenvalue weighted by Crippen LogP contribution is -2.50. The molecule has 2 aromatic rings. The maximum atomic E-state index is 12.3. The van der Waals surface area contributed by atoms with Crippen LogP contribution >= 0.6 is 0 Å². The monoisotopic (exact) mass is 425 g/mol. The van der Waals surface area contributed by atoms with Crippen LogP contribution in [-0.4, -0.2) is 66.9 Å². The maximum Gasteiger partial charge on any atom is 0.306 e. The van der Waals surface area contributed by atoms with Crippen molar-refractivity contribution in [3.05, 3.63) is 54.2 Å². The molecule has 0 unspecified atom stereocenters. The third-order valence-corrected chi connectivity index (χ3v) is 5.01. The molecule has 1 fully saturated rings. The van der Waals surface area contributed by atoms with E-state index in [1.54, 1.807) is 35.4 Å². The van der Waals surface area contributed by atoms with Gasteiger partial charge in [-0.05, 0) is 43.3 Å². The van der Waals surface area contributed by atoms with Gasteiger partial charge in [-0.25, -0.2) is 4.98 Å². The number of anilines is 1. The average Bonchev–Trinajstić information content (AvgIpc) is 2.82. The molecule has 1 saturated heterocycles. The Labute approximate surface area is 181 Å². The first-order valence-corrected chi connectivity index (χ1v) is 10.4. The second-order valence-electron chi connectivity index (χ2n) is 7.10. The summed E-state index contributed by atoms with van der Waals surface area (Å²) in [6.07, 6.45) is 1.71. The van der Waals surface area contributed by atoms with Crippen LogP contribution in [-0.2, 0) is 14.3 Å². The highest BCUT2D eigenvalue weighted by Gasteiger charge is 2.22. The van der Waals surface area contributed by atoms with Crippen molar-refractivity contribution in [1.82, 2.24) is 9.88 Å². The topological polar surface area (TPSA) is 89.0 Å². The highest BCUT2D eigenvalue weighted by atomic mass is 16.5. The molecule has 0 N–H and O–H groups in total. The lowest BCUT2D eigenvalue weighted by molar-refractivity contribution is -0.152. The van der Waals surface area contributed by atoms with Gasteiger partial charge in [0.1, 0.15) is 11.6 Å². The predicted molar refractivity (Wildman–Crippen MR) is 115 cm³/mol. The molecule has 31 heavy (non-hydrogen) atoms. The van der Waals surface area contributed by atoms with Crippen molar-refractivity contribution in [2.75, 3.05) is 44.3 Å². The van der Waals surface area contributed by atoms with Crippen LogP contribution in [0.25, 0.3) is 0 Å². The summed E-state index contributed by atoms with van der Waals surface area (Å²) in [5.74, 6) is 0.639. The number of carbonyl (C=O) groups excluding carboxylic acids is 3. The largest absolute Gasteiger partial charge is 0.494 e. The number of aromatic nitrogens is 1. The normalized spacial score (nSPS) is 13.6. The summed E-state index contributed by atoms with van der Waals surface area (Å²) in [5.41, 5.74) is 0.512. The van der Waals surface area contributed by atoms with Crippen molar-refractivity contribution in [3.63, 3.8) is 0 Å². The number of piperazine rings is 1. The van der Waals surface area contributed by atoms with Gasteiger partial charge in [0.05, 0.1) is 13.0 Å². The number of carbonyl (C=O) groups is 3. The minimum atomic E-state index is -0.556. The number of nitrogens with zero attached hydrogens (tertiary/aromatic N) is 3. The fourth-order valence-electron chi connectivity index (χ4n) is 3.30. The second-order valence-corrected chi connectivity index (χ2v) is 7.10. The van der Waals surface area contributed by atoms with Crippen molar-refractivity contribution < 1.29 is 23.9 Å². The third-order valence-electron chi connectivity index (χ3n) is 5.01. The fraction of sp³-hybridized carbons (Fsp3) is 0.391. The summed E-state index contributed by atoms with van der Waals surface area (Å²) >= 11 is 0. The molecule has 164 valence electrons. The van der Waals surface area contributed by atoms with Gasteiger partial charge in [0.15, 0.2) is 12.4 Å². The number of benzene rings is 1. The van der Waals surface area contributed by atoms with Gasteiger partial charge in [-0.15, -0.1) is 0 Å². The highest BCUT2D eigenvalue weighted by Crippen LogP contribution is 2.15. The molecule has 8 heteroatoms. The maximum absolute atomic E-state index is 12.3. The van der Waals surface area contributed by atoms with Crippen LogP contribution in [0.2, 0.25) is 0 Å². The highest BCUT2D eigenvalue weighted by molar-refractivity contribution is 5.97. The molecule has 0 saturated carbocycles. The first kappa shape index (κ1) is 22.3. The number of rotatable bonds is 9. The predicted octanol–water partition coefficient (Wildman–Crippen LogP) is 2.34. The number of amides is 1. The summed E-state index contributed by atoms with van der Waals surface area (Å²) in [7, 11) is 0. The molecular weight excluding hydrogens is 398 g/mol. The molecule has 0 radical (unpaired) electrons. The molecule has 0 spiro atoms. The van der Waals surface area contributed by atoms with Crippen LogP contribution in [0.5, 0.6) is 5.75 Å². The number of Topliss-reactive ketones (excluding diaryl/α,β-unsaturated/α-hetero) is 1. The summed E-state index contributed by atoms with van der Waals surface area (Å²) in [5, 5.41) is 0. The Balaban J connectivity index is 1.35. The molecule has 1 aromatic carbocycles. The number of pyridine rings is 1. The first-order valence-electron chi connectivity index (χ1n) is 10.4. The van der Waals surface area contributed by atoms with Gasteiger partial charge >= 0.3 is 5.97 Å². The van der Waals surface area contributed by atoms with Gasteiger partial charge in [-0.2, -0.15) is 0 Å². The van der Waals surface area contributed by atoms with Crippen LogP contribution in [0, 0.1) is 0 Å². The zero-order valence-electron chi connectivity index (χ0n) is 17.7. The van der Waals surface area contributed by atoms with E-state index in [9.17, 15) is 14.4 Å². The minimum Gasteiger partial charge on any atom is -0.494 e. The van der Waals surface area contributed by atoms with Crippen LogP contribution in [0.3, 0.4) is 0 Å². The van der Waals surface area contributed by atoms with Crippen molar-refractivity contribution in [1.29, 1.82) is 0 Å². The van der Waals surface area contributed by atoms with E-state index in [0.29, 0.717) is 44.1 Å². The Morgan fingerprint density at radius 3 is 2.35 bits per heavy atom. The Morgan fingerprint density at radius 1 is 0.968 bits per heavy atom. The molecule has 2 heterocycles. The van der Waals surface area contributed by atoms with E-state index < -0.39 is 5.97 Å². The number of hydrogen-bond donors (Lipinski definition) is 0. The van der Waals surface area contributed by atoms with E-state index in [0.717, 1.165) is 5.82 Å². The Kier molecular flexibility index (Phi) is 7.98. The van der Waals surface area contributed by atoms with E-state index in [1.807, 2.05) is 25.1 Å². The Morgan fingerprint density at radius 2 is 1.71 bits per heavy atom. The summed E-state index contributed by atoms with van der Waals surface area (Å²) < 4.78 is 10.4.